The number of halogens is 2. The van der Waals surface area contributed by atoms with Crippen LogP contribution in [-0.4, -0.2) is 13.3 Å². The van der Waals surface area contributed by atoms with Crippen molar-refractivity contribution in [3.05, 3.63) is 63.6 Å². The summed E-state index contributed by atoms with van der Waals surface area (Å²) in [6, 6.07) is 13.0. The van der Waals surface area contributed by atoms with Gasteiger partial charge in [-0.2, -0.15) is 5.10 Å². The lowest BCUT2D eigenvalue weighted by Gasteiger charge is -2.05. The van der Waals surface area contributed by atoms with Gasteiger partial charge in [-0.15, -0.1) is 0 Å². The highest BCUT2D eigenvalue weighted by atomic mass is 35.5. The highest BCUT2D eigenvalue weighted by Crippen LogP contribution is 2.20. The smallest absolute Gasteiger partial charge is 0.127 e. The number of ether oxygens (including phenoxy) is 1. The van der Waals surface area contributed by atoms with Crippen LogP contribution < -0.4 is 10.2 Å². The minimum atomic E-state index is 0.622. The van der Waals surface area contributed by atoms with Crippen molar-refractivity contribution in [3.63, 3.8) is 0 Å². The average Bonchev–Trinajstić information content (AvgIpc) is 2.46. The second kappa shape index (κ2) is 7.17. The number of benzene rings is 2. The van der Waals surface area contributed by atoms with Crippen LogP contribution in [0.25, 0.3) is 0 Å². The first-order valence-electron chi connectivity index (χ1n) is 6.03. The zero-order chi connectivity index (χ0) is 14.4. The summed E-state index contributed by atoms with van der Waals surface area (Å²) in [5.74, 6) is 0.728. The van der Waals surface area contributed by atoms with Crippen molar-refractivity contribution in [1.82, 2.24) is 5.43 Å². The van der Waals surface area contributed by atoms with Gasteiger partial charge in [-0.1, -0.05) is 35.3 Å². The van der Waals surface area contributed by atoms with Crippen molar-refractivity contribution < 1.29 is 4.74 Å². The first kappa shape index (κ1) is 14.7. The maximum Gasteiger partial charge on any atom is 0.127 e. The minimum absolute atomic E-state index is 0.622. The van der Waals surface area contributed by atoms with E-state index in [1.165, 1.54) is 0 Å². The maximum absolute atomic E-state index is 5.95. The summed E-state index contributed by atoms with van der Waals surface area (Å²) in [5, 5.41) is 5.53. The summed E-state index contributed by atoms with van der Waals surface area (Å²) in [7, 11) is 1.61. The molecule has 104 valence electrons. The molecule has 0 amide bonds. The van der Waals surface area contributed by atoms with Crippen LogP contribution in [-0.2, 0) is 6.54 Å². The Bertz CT molecular complexity index is 597. The van der Waals surface area contributed by atoms with Gasteiger partial charge in [0.05, 0.1) is 19.9 Å². The topological polar surface area (TPSA) is 33.6 Å². The van der Waals surface area contributed by atoms with Gasteiger partial charge in [-0.3, -0.25) is 0 Å². The van der Waals surface area contributed by atoms with Crippen LogP contribution in [0.3, 0.4) is 0 Å². The van der Waals surface area contributed by atoms with Crippen molar-refractivity contribution in [3.8, 4) is 5.75 Å². The van der Waals surface area contributed by atoms with Gasteiger partial charge in [-0.05, 0) is 35.9 Å². The number of rotatable bonds is 5. The molecular weight excluding hydrogens is 295 g/mol. The van der Waals surface area contributed by atoms with Crippen LogP contribution in [0.4, 0.5) is 0 Å². The molecule has 0 spiro atoms. The van der Waals surface area contributed by atoms with Crippen LogP contribution in [0.2, 0.25) is 10.0 Å². The molecule has 0 aliphatic rings. The number of nitrogens with zero attached hydrogens (tertiary/aromatic N) is 1. The van der Waals surface area contributed by atoms with E-state index in [4.69, 9.17) is 27.9 Å². The highest BCUT2D eigenvalue weighted by molar-refractivity contribution is 6.31. The molecule has 3 nitrogen and oxygen atoms in total. The Kier molecular flexibility index (Phi) is 5.27. The van der Waals surface area contributed by atoms with Gasteiger partial charge < -0.3 is 10.2 Å². The van der Waals surface area contributed by atoms with Crippen LogP contribution in [0.5, 0.6) is 5.75 Å². The van der Waals surface area contributed by atoms with Gasteiger partial charge in [0.15, 0.2) is 0 Å². The van der Waals surface area contributed by atoms with Crippen molar-refractivity contribution >= 4 is 29.4 Å². The normalized spacial score (nSPS) is 10.8. The fourth-order valence-corrected chi connectivity index (χ4v) is 1.97. The van der Waals surface area contributed by atoms with E-state index < -0.39 is 0 Å². The molecule has 0 bridgehead atoms. The third kappa shape index (κ3) is 4.15. The van der Waals surface area contributed by atoms with E-state index in [9.17, 15) is 0 Å². The van der Waals surface area contributed by atoms with E-state index in [0.29, 0.717) is 11.6 Å². The van der Waals surface area contributed by atoms with Crippen LogP contribution in [0, 0.1) is 0 Å². The van der Waals surface area contributed by atoms with Gasteiger partial charge in [0.1, 0.15) is 5.75 Å². The third-order valence-electron chi connectivity index (χ3n) is 2.68. The fourth-order valence-electron chi connectivity index (χ4n) is 1.66. The lowest BCUT2D eigenvalue weighted by Crippen LogP contribution is -2.05. The lowest BCUT2D eigenvalue weighted by molar-refractivity contribution is 0.414. The standard InChI is InChI=1S/C15H14Cl2N2O/c1-20-15-7-6-14(17)8-12(15)10-19-18-9-11-2-4-13(16)5-3-11/h2-8,10,18H,9H2,1H3/b19-10-. The quantitative estimate of drug-likeness (QED) is 0.665. The second-order valence-electron chi connectivity index (χ2n) is 4.11. The summed E-state index contributed by atoms with van der Waals surface area (Å²) >= 11 is 11.8. The van der Waals surface area contributed by atoms with E-state index in [2.05, 4.69) is 10.5 Å². The first-order valence-corrected chi connectivity index (χ1v) is 6.78. The van der Waals surface area contributed by atoms with Crippen LogP contribution >= 0.6 is 23.2 Å². The lowest BCUT2D eigenvalue weighted by atomic mass is 10.2. The van der Waals surface area contributed by atoms with Crippen LogP contribution in [0.1, 0.15) is 11.1 Å². The van der Waals surface area contributed by atoms with E-state index in [0.717, 1.165) is 21.9 Å². The molecule has 0 saturated carbocycles. The summed E-state index contributed by atoms with van der Waals surface area (Å²) < 4.78 is 5.24. The Morgan fingerprint density at radius 2 is 1.80 bits per heavy atom. The summed E-state index contributed by atoms with van der Waals surface area (Å²) in [4.78, 5) is 0. The predicted molar refractivity (Wildman–Crippen MR) is 83.9 cm³/mol. The van der Waals surface area contributed by atoms with Crippen molar-refractivity contribution in [2.24, 2.45) is 5.10 Å². The van der Waals surface area contributed by atoms with E-state index >= 15 is 0 Å². The summed E-state index contributed by atoms with van der Waals surface area (Å²) in [6.07, 6.45) is 1.68. The highest BCUT2D eigenvalue weighted by Gasteiger charge is 2.00. The largest absolute Gasteiger partial charge is 0.496 e. The molecule has 2 rings (SSSR count). The number of nitrogens with one attached hydrogen (secondary N) is 1. The molecule has 20 heavy (non-hydrogen) atoms. The van der Waals surface area contributed by atoms with E-state index in [1.54, 1.807) is 25.5 Å². The zero-order valence-corrected chi connectivity index (χ0v) is 12.4. The summed E-state index contributed by atoms with van der Waals surface area (Å²) in [6.45, 7) is 0.622. The Morgan fingerprint density at radius 1 is 1.10 bits per heavy atom. The Labute approximate surface area is 128 Å². The number of methoxy groups -OCH3 is 1. The molecule has 0 unspecified atom stereocenters. The van der Waals surface area contributed by atoms with Crippen molar-refractivity contribution in [2.75, 3.05) is 7.11 Å². The summed E-state index contributed by atoms with van der Waals surface area (Å²) in [5.41, 5.74) is 4.89. The Morgan fingerprint density at radius 3 is 2.50 bits per heavy atom. The third-order valence-corrected chi connectivity index (χ3v) is 3.17. The average molecular weight is 309 g/mol. The monoisotopic (exact) mass is 308 g/mol. The van der Waals surface area contributed by atoms with Gasteiger partial charge in [-0.25, -0.2) is 0 Å². The molecule has 0 aliphatic heterocycles. The second-order valence-corrected chi connectivity index (χ2v) is 4.98. The number of hydrazone groups is 1. The molecule has 0 radical (unpaired) electrons. The van der Waals surface area contributed by atoms with Crippen LogP contribution in [0.15, 0.2) is 47.6 Å². The SMILES string of the molecule is COc1ccc(Cl)cc1/C=N\NCc1ccc(Cl)cc1. The molecule has 0 atom stereocenters. The molecule has 2 aromatic carbocycles. The van der Waals surface area contributed by atoms with Gasteiger partial charge in [0, 0.05) is 15.6 Å². The minimum Gasteiger partial charge on any atom is -0.496 e. The molecule has 0 heterocycles. The molecule has 0 saturated heterocycles. The fraction of sp³-hybridized carbons (Fsp3) is 0.133. The maximum atomic E-state index is 5.95. The molecule has 0 aliphatic carbocycles. The molecule has 2 aromatic rings. The molecule has 0 fully saturated rings. The van der Waals surface area contributed by atoms with Gasteiger partial charge in [0.25, 0.3) is 0 Å². The van der Waals surface area contributed by atoms with E-state index in [-0.39, 0.29) is 0 Å². The predicted octanol–water partition coefficient (Wildman–Crippen LogP) is 4.13. The molecular formula is C15H14Cl2N2O. The molecule has 5 heteroatoms. The van der Waals surface area contributed by atoms with Crippen molar-refractivity contribution in [2.45, 2.75) is 6.54 Å². The Balaban J connectivity index is 1.96. The number of hydrogen-bond donors (Lipinski definition) is 1. The van der Waals surface area contributed by atoms with Crippen molar-refractivity contribution in [1.29, 1.82) is 0 Å². The first-order chi connectivity index (χ1) is 9.69. The number of hydrogen-bond acceptors (Lipinski definition) is 3. The Hall–Kier alpha value is -1.71. The van der Waals surface area contributed by atoms with Gasteiger partial charge >= 0.3 is 0 Å². The molecule has 0 aromatic heterocycles. The van der Waals surface area contributed by atoms with Gasteiger partial charge in [0.2, 0.25) is 0 Å². The van der Waals surface area contributed by atoms with E-state index in [1.807, 2.05) is 30.3 Å². The molecule has 1 N–H and O–H groups in total. The zero-order valence-electron chi connectivity index (χ0n) is 10.9.